The van der Waals surface area contributed by atoms with Gasteiger partial charge in [0.05, 0.1) is 5.56 Å². The topological polar surface area (TPSA) is 74.7 Å². The van der Waals surface area contributed by atoms with Crippen LogP contribution in [-0.4, -0.2) is 29.8 Å². The van der Waals surface area contributed by atoms with E-state index in [0.29, 0.717) is 5.56 Å². The van der Waals surface area contributed by atoms with Crippen LogP contribution in [0.2, 0.25) is 0 Å². The Bertz CT molecular complexity index is 843. The average molecular weight is 355 g/mol. The first-order valence-electron chi connectivity index (χ1n) is 6.96. The molecule has 1 N–H and O–H groups in total. The predicted octanol–water partition coefficient (Wildman–Crippen LogP) is 2.94. The first-order valence-corrected chi connectivity index (χ1v) is 9.28. The van der Waals surface area contributed by atoms with Crippen LogP contribution < -0.4 is 0 Å². The molecule has 0 saturated heterocycles. The van der Waals surface area contributed by atoms with Crippen LogP contribution >= 0.6 is 11.3 Å². The van der Waals surface area contributed by atoms with Crippen LogP contribution in [0.4, 0.5) is 4.39 Å². The van der Waals surface area contributed by atoms with Gasteiger partial charge in [-0.2, -0.15) is 4.31 Å². The molecule has 0 bridgehead atoms. The van der Waals surface area contributed by atoms with Crippen molar-refractivity contribution in [2.75, 3.05) is 0 Å². The molecule has 1 aliphatic rings. The van der Waals surface area contributed by atoms with Crippen LogP contribution in [0, 0.1) is 5.82 Å². The Kier molecular flexibility index (Phi) is 4.22. The van der Waals surface area contributed by atoms with Crippen molar-refractivity contribution in [1.82, 2.24) is 4.31 Å². The number of nitrogens with zero attached hydrogens (tertiary/aromatic N) is 1. The Morgan fingerprint density at radius 3 is 2.61 bits per heavy atom. The number of hydrogen-bond donors (Lipinski definition) is 1. The number of benzene rings is 1. The van der Waals surface area contributed by atoms with Crippen molar-refractivity contribution < 1.29 is 22.7 Å². The average Bonchev–Trinajstić information content (AvgIpc) is 3.19. The Hall–Kier alpha value is -1.77. The van der Waals surface area contributed by atoms with Crippen LogP contribution in [0.1, 0.15) is 28.8 Å². The summed E-state index contributed by atoms with van der Waals surface area (Å²) in [6, 6.07) is 7.05. The lowest BCUT2D eigenvalue weighted by Crippen LogP contribution is -2.32. The van der Waals surface area contributed by atoms with Crippen LogP contribution in [-0.2, 0) is 16.6 Å². The molecule has 1 aliphatic carbocycles. The monoisotopic (exact) mass is 355 g/mol. The maximum atomic E-state index is 13.8. The number of aromatic carboxylic acids is 1. The summed E-state index contributed by atoms with van der Waals surface area (Å²) in [6.07, 6.45) is 1.45. The van der Waals surface area contributed by atoms with Crippen molar-refractivity contribution in [3.05, 3.63) is 52.7 Å². The Labute approximate surface area is 137 Å². The van der Waals surface area contributed by atoms with Crippen molar-refractivity contribution in [3.8, 4) is 0 Å². The number of carboxylic acids is 1. The van der Waals surface area contributed by atoms with Gasteiger partial charge in [-0.3, -0.25) is 0 Å². The number of halogens is 1. The molecular weight excluding hydrogens is 341 g/mol. The molecule has 0 spiro atoms. The van der Waals surface area contributed by atoms with Crippen molar-refractivity contribution in [2.24, 2.45) is 0 Å². The lowest BCUT2D eigenvalue weighted by atomic mass is 10.2. The molecular formula is C15H14FNO4S2. The van der Waals surface area contributed by atoms with Crippen molar-refractivity contribution in [1.29, 1.82) is 0 Å². The highest BCUT2D eigenvalue weighted by atomic mass is 32.2. The zero-order valence-electron chi connectivity index (χ0n) is 12.0. The lowest BCUT2D eigenvalue weighted by molar-refractivity contribution is 0.0697. The summed E-state index contributed by atoms with van der Waals surface area (Å²) in [4.78, 5) is 10.9. The summed E-state index contributed by atoms with van der Waals surface area (Å²) < 4.78 is 40.6. The molecule has 5 nitrogen and oxygen atoms in total. The fourth-order valence-corrected chi connectivity index (χ4v) is 5.19. The fourth-order valence-electron chi connectivity index (χ4n) is 2.25. The van der Waals surface area contributed by atoms with Gasteiger partial charge < -0.3 is 5.11 Å². The van der Waals surface area contributed by atoms with E-state index in [1.807, 2.05) is 0 Å². The van der Waals surface area contributed by atoms with Crippen LogP contribution in [0.15, 0.2) is 39.9 Å². The molecule has 122 valence electrons. The molecule has 0 radical (unpaired) electrons. The van der Waals surface area contributed by atoms with Crippen LogP contribution in [0.25, 0.3) is 0 Å². The molecule has 2 aromatic rings. The van der Waals surface area contributed by atoms with E-state index in [4.69, 9.17) is 5.11 Å². The lowest BCUT2D eigenvalue weighted by Gasteiger charge is -2.21. The molecule has 3 rings (SSSR count). The number of hydrogen-bond acceptors (Lipinski definition) is 4. The van der Waals surface area contributed by atoms with Crippen LogP contribution in [0.5, 0.6) is 0 Å². The third kappa shape index (κ3) is 3.29. The molecule has 1 heterocycles. The number of rotatable bonds is 6. The van der Waals surface area contributed by atoms with Gasteiger partial charge in [-0.25, -0.2) is 17.6 Å². The van der Waals surface area contributed by atoms with E-state index in [1.54, 1.807) is 18.2 Å². The summed E-state index contributed by atoms with van der Waals surface area (Å²) in [6.45, 7) is -0.0556. The highest BCUT2D eigenvalue weighted by Crippen LogP contribution is 2.35. The maximum absolute atomic E-state index is 13.8. The molecule has 0 amide bonds. The van der Waals surface area contributed by atoms with E-state index in [-0.39, 0.29) is 22.4 Å². The van der Waals surface area contributed by atoms with Crippen molar-refractivity contribution in [2.45, 2.75) is 29.6 Å². The molecule has 1 aromatic carbocycles. The van der Waals surface area contributed by atoms with Gasteiger partial charge in [0.15, 0.2) is 0 Å². The van der Waals surface area contributed by atoms with Gasteiger partial charge in [-0.1, -0.05) is 18.2 Å². The quantitative estimate of drug-likeness (QED) is 0.864. The minimum absolute atomic E-state index is 0.0295. The van der Waals surface area contributed by atoms with E-state index in [9.17, 15) is 17.6 Å². The minimum Gasteiger partial charge on any atom is -0.478 e. The largest absolute Gasteiger partial charge is 0.478 e. The highest BCUT2D eigenvalue weighted by Gasteiger charge is 2.39. The highest BCUT2D eigenvalue weighted by molar-refractivity contribution is 7.91. The van der Waals surface area contributed by atoms with Crippen molar-refractivity contribution in [3.63, 3.8) is 0 Å². The Morgan fingerprint density at radius 1 is 1.35 bits per heavy atom. The first kappa shape index (κ1) is 16.1. The zero-order chi connectivity index (χ0) is 16.6. The van der Waals surface area contributed by atoms with Gasteiger partial charge in [0.2, 0.25) is 0 Å². The fraction of sp³-hybridized carbons (Fsp3) is 0.267. The molecule has 0 atom stereocenters. The van der Waals surface area contributed by atoms with E-state index in [1.165, 1.54) is 15.8 Å². The van der Waals surface area contributed by atoms with E-state index >= 15 is 0 Å². The Balaban J connectivity index is 1.93. The summed E-state index contributed by atoms with van der Waals surface area (Å²) in [5.74, 6) is -1.62. The minimum atomic E-state index is -3.84. The standard InChI is InChI=1S/C15H14FNO4S2/c16-13-4-2-1-3-10(13)8-17(12-5-6-12)23(20,21)14-7-11(9-22-14)15(18)19/h1-4,7,9,12H,5-6,8H2,(H,18,19). The smallest absolute Gasteiger partial charge is 0.336 e. The number of thiophene rings is 1. The second-order valence-corrected chi connectivity index (χ2v) is 8.36. The molecule has 1 fully saturated rings. The summed E-state index contributed by atoms with van der Waals surface area (Å²) in [7, 11) is -3.84. The zero-order valence-corrected chi connectivity index (χ0v) is 13.6. The van der Waals surface area contributed by atoms with Gasteiger partial charge in [-0.05, 0) is 25.0 Å². The molecule has 0 unspecified atom stereocenters. The van der Waals surface area contributed by atoms with Crippen molar-refractivity contribution >= 4 is 27.3 Å². The van der Waals surface area contributed by atoms with Gasteiger partial charge in [0, 0.05) is 23.5 Å². The van der Waals surface area contributed by atoms with E-state index in [2.05, 4.69) is 0 Å². The SMILES string of the molecule is O=C(O)c1csc(S(=O)(=O)N(Cc2ccccc2F)C2CC2)c1. The first-order chi connectivity index (χ1) is 10.9. The van der Waals surface area contributed by atoms with Gasteiger partial charge in [-0.15, -0.1) is 11.3 Å². The maximum Gasteiger partial charge on any atom is 0.336 e. The molecule has 8 heteroatoms. The predicted molar refractivity (Wildman–Crippen MR) is 83.4 cm³/mol. The number of carboxylic acid groups (broad SMARTS) is 1. The van der Waals surface area contributed by atoms with Gasteiger partial charge in [0.1, 0.15) is 10.0 Å². The second kappa shape index (κ2) is 6.03. The molecule has 0 aliphatic heterocycles. The van der Waals surface area contributed by atoms with Gasteiger partial charge >= 0.3 is 5.97 Å². The van der Waals surface area contributed by atoms with E-state index in [0.717, 1.165) is 30.2 Å². The summed E-state index contributed by atoms with van der Waals surface area (Å²) in [5.41, 5.74) is 0.244. The molecule has 23 heavy (non-hydrogen) atoms. The number of sulfonamides is 1. The second-order valence-electron chi connectivity index (χ2n) is 5.33. The molecule has 1 saturated carbocycles. The number of carbonyl (C=O) groups is 1. The van der Waals surface area contributed by atoms with Gasteiger partial charge in [0.25, 0.3) is 10.0 Å². The third-order valence-electron chi connectivity index (χ3n) is 3.62. The summed E-state index contributed by atoms with van der Waals surface area (Å²) >= 11 is 0.869. The normalized spacial score (nSPS) is 15.0. The van der Waals surface area contributed by atoms with Crippen LogP contribution in [0.3, 0.4) is 0 Å². The molecule has 1 aromatic heterocycles. The summed E-state index contributed by atoms with van der Waals surface area (Å²) in [5, 5.41) is 10.2. The third-order valence-corrected chi connectivity index (χ3v) is 6.94. The Morgan fingerprint density at radius 2 is 2.04 bits per heavy atom. The van der Waals surface area contributed by atoms with E-state index < -0.39 is 21.8 Å².